The zero-order valence-corrected chi connectivity index (χ0v) is 14.6. The van der Waals surface area contributed by atoms with Crippen molar-refractivity contribution in [1.29, 1.82) is 0 Å². The number of hydrogen-bond donors (Lipinski definition) is 1. The smallest absolute Gasteiger partial charge is 0.196 e. The highest BCUT2D eigenvalue weighted by Gasteiger charge is 2.16. The number of hydrogen-bond acceptors (Lipinski definition) is 2. The van der Waals surface area contributed by atoms with E-state index >= 15 is 0 Å². The second-order valence-electron chi connectivity index (χ2n) is 5.88. The van der Waals surface area contributed by atoms with Crippen LogP contribution in [0.5, 0.6) is 0 Å². The molecule has 1 heterocycles. The molecule has 132 valence electrons. The molecule has 1 aromatic carbocycles. The van der Waals surface area contributed by atoms with E-state index in [9.17, 15) is 18.0 Å². The number of aromatic amines is 1. The molecule has 2 nitrogen and oxygen atoms in total. The Balaban J connectivity index is 1.95. The van der Waals surface area contributed by atoms with Gasteiger partial charge in [0.1, 0.15) is 0 Å². The van der Waals surface area contributed by atoms with Crippen molar-refractivity contribution < 1.29 is 13.2 Å². The number of nitrogens with one attached hydrogen (secondary N) is 1. The molecule has 0 spiro atoms. The number of pyridine rings is 1. The fourth-order valence-corrected chi connectivity index (χ4v) is 3.52. The predicted octanol–water partition coefficient (Wildman–Crippen LogP) is 5.79. The van der Waals surface area contributed by atoms with Gasteiger partial charge in [-0.1, -0.05) is 45.4 Å². The number of rotatable bonds is 9. The molecular formula is C18H22F3NOS. The number of halogens is 3. The molecule has 0 amide bonds. The van der Waals surface area contributed by atoms with Crippen LogP contribution in [0.3, 0.4) is 0 Å². The quantitative estimate of drug-likeness (QED) is 0.350. The van der Waals surface area contributed by atoms with E-state index in [1.807, 2.05) is 0 Å². The molecule has 24 heavy (non-hydrogen) atoms. The van der Waals surface area contributed by atoms with E-state index in [2.05, 4.69) is 11.9 Å². The summed E-state index contributed by atoms with van der Waals surface area (Å²) in [6.07, 6.45) is 8.31. The van der Waals surface area contributed by atoms with Crippen LogP contribution in [0.2, 0.25) is 0 Å². The standard InChI is InChI=1S/C18H22F3NOS/c1-2-3-4-5-6-7-8-9-24-15-11-14(23)12-10-13(19)16(20)17(21)18(12)22-15/h10-11H,2-9H2,1H3,(H,22,23). The van der Waals surface area contributed by atoms with Gasteiger partial charge in [-0.15, -0.1) is 11.8 Å². The lowest BCUT2D eigenvalue weighted by Crippen LogP contribution is -2.06. The van der Waals surface area contributed by atoms with E-state index in [4.69, 9.17) is 0 Å². The summed E-state index contributed by atoms with van der Waals surface area (Å²) in [6, 6.07) is 2.04. The first-order valence-electron chi connectivity index (χ1n) is 8.38. The van der Waals surface area contributed by atoms with Crippen LogP contribution in [0.15, 0.2) is 22.0 Å². The van der Waals surface area contributed by atoms with Crippen molar-refractivity contribution in [3.8, 4) is 0 Å². The number of thioether (sulfide) groups is 1. The Labute approximate surface area is 143 Å². The Kier molecular flexibility index (Phi) is 7.21. The number of benzene rings is 1. The average molecular weight is 357 g/mol. The topological polar surface area (TPSA) is 32.9 Å². The minimum Gasteiger partial charge on any atom is -0.347 e. The van der Waals surface area contributed by atoms with Crippen LogP contribution < -0.4 is 5.43 Å². The maximum atomic E-state index is 13.8. The first kappa shape index (κ1) is 18.9. The third-order valence-corrected chi connectivity index (χ3v) is 4.97. The van der Waals surface area contributed by atoms with Gasteiger partial charge in [-0.25, -0.2) is 13.2 Å². The molecule has 0 radical (unpaired) electrons. The third-order valence-electron chi connectivity index (χ3n) is 3.94. The van der Waals surface area contributed by atoms with Crippen LogP contribution in [0.25, 0.3) is 10.9 Å². The molecule has 0 atom stereocenters. The molecule has 1 N–H and O–H groups in total. The molecule has 0 saturated heterocycles. The number of H-pyrrole nitrogens is 1. The number of unbranched alkanes of at least 4 members (excludes halogenated alkanes) is 6. The van der Waals surface area contributed by atoms with Crippen LogP contribution in [-0.4, -0.2) is 10.7 Å². The van der Waals surface area contributed by atoms with Crippen molar-refractivity contribution in [1.82, 2.24) is 4.98 Å². The summed E-state index contributed by atoms with van der Waals surface area (Å²) >= 11 is 1.40. The van der Waals surface area contributed by atoms with Gasteiger partial charge in [0.25, 0.3) is 0 Å². The first-order valence-corrected chi connectivity index (χ1v) is 9.36. The maximum absolute atomic E-state index is 13.8. The summed E-state index contributed by atoms with van der Waals surface area (Å²) < 4.78 is 40.4. The van der Waals surface area contributed by atoms with Crippen LogP contribution in [0, 0.1) is 17.5 Å². The summed E-state index contributed by atoms with van der Waals surface area (Å²) in [4.78, 5) is 14.7. The lowest BCUT2D eigenvalue weighted by molar-refractivity contribution is 0.452. The highest BCUT2D eigenvalue weighted by molar-refractivity contribution is 7.99. The second-order valence-corrected chi connectivity index (χ2v) is 7.01. The molecule has 0 aliphatic rings. The summed E-state index contributed by atoms with van der Waals surface area (Å²) in [6.45, 7) is 2.18. The van der Waals surface area contributed by atoms with E-state index in [1.165, 1.54) is 49.9 Å². The summed E-state index contributed by atoms with van der Waals surface area (Å²) in [5.74, 6) is -3.47. The molecule has 0 saturated carbocycles. The molecular weight excluding hydrogens is 335 g/mol. The van der Waals surface area contributed by atoms with E-state index < -0.39 is 22.9 Å². The lowest BCUT2D eigenvalue weighted by Gasteiger charge is -2.06. The highest BCUT2D eigenvalue weighted by Crippen LogP contribution is 2.23. The van der Waals surface area contributed by atoms with Gasteiger partial charge >= 0.3 is 0 Å². The zero-order chi connectivity index (χ0) is 17.5. The Morgan fingerprint density at radius 1 is 0.958 bits per heavy atom. The molecule has 0 unspecified atom stereocenters. The first-order chi connectivity index (χ1) is 11.5. The molecule has 6 heteroatoms. The van der Waals surface area contributed by atoms with E-state index in [0.717, 1.165) is 24.7 Å². The van der Waals surface area contributed by atoms with Crippen LogP contribution in [0.1, 0.15) is 51.9 Å². The van der Waals surface area contributed by atoms with Gasteiger partial charge in [-0.2, -0.15) is 0 Å². The van der Waals surface area contributed by atoms with Gasteiger partial charge in [-0.05, 0) is 18.2 Å². The van der Waals surface area contributed by atoms with Crippen LogP contribution in [0.4, 0.5) is 13.2 Å². The summed E-state index contributed by atoms with van der Waals surface area (Å²) in [7, 11) is 0. The summed E-state index contributed by atoms with van der Waals surface area (Å²) in [5.41, 5.74) is -0.785. The summed E-state index contributed by atoms with van der Waals surface area (Å²) in [5, 5.41) is 0.301. The van der Waals surface area contributed by atoms with Gasteiger partial charge in [-0.3, -0.25) is 4.79 Å². The Bertz CT molecular complexity index is 745. The van der Waals surface area contributed by atoms with Crippen molar-refractivity contribution in [2.75, 3.05) is 5.75 Å². The van der Waals surface area contributed by atoms with Crippen molar-refractivity contribution in [2.24, 2.45) is 0 Å². The molecule has 2 aromatic rings. The van der Waals surface area contributed by atoms with Crippen LogP contribution >= 0.6 is 11.8 Å². The monoisotopic (exact) mass is 357 g/mol. The fraction of sp³-hybridized carbons (Fsp3) is 0.500. The van der Waals surface area contributed by atoms with Crippen molar-refractivity contribution in [2.45, 2.75) is 56.9 Å². The normalized spacial score (nSPS) is 11.3. The molecule has 0 aliphatic carbocycles. The third kappa shape index (κ3) is 4.79. The van der Waals surface area contributed by atoms with E-state index in [1.54, 1.807) is 0 Å². The zero-order valence-electron chi connectivity index (χ0n) is 13.8. The molecule has 2 rings (SSSR count). The largest absolute Gasteiger partial charge is 0.347 e. The minimum atomic E-state index is -1.56. The Morgan fingerprint density at radius 3 is 2.33 bits per heavy atom. The van der Waals surface area contributed by atoms with Gasteiger partial charge in [0.05, 0.1) is 15.9 Å². The van der Waals surface area contributed by atoms with E-state index in [0.29, 0.717) is 5.03 Å². The Morgan fingerprint density at radius 2 is 1.62 bits per heavy atom. The number of fused-ring (bicyclic) bond motifs is 1. The highest BCUT2D eigenvalue weighted by atomic mass is 32.2. The van der Waals surface area contributed by atoms with Crippen molar-refractivity contribution >= 4 is 22.7 Å². The maximum Gasteiger partial charge on any atom is 0.196 e. The van der Waals surface area contributed by atoms with Crippen molar-refractivity contribution in [3.63, 3.8) is 0 Å². The lowest BCUT2D eigenvalue weighted by atomic mass is 10.1. The SMILES string of the molecule is CCCCCCCCCSc1cc(=O)c2cc(F)c(F)c(F)c2[nH]1. The van der Waals surface area contributed by atoms with Gasteiger partial charge in [0.15, 0.2) is 22.9 Å². The predicted molar refractivity (Wildman–Crippen MR) is 93.2 cm³/mol. The number of aromatic nitrogens is 1. The fourth-order valence-electron chi connectivity index (χ4n) is 2.59. The molecule has 0 bridgehead atoms. The molecule has 0 fully saturated rings. The molecule has 1 aromatic heterocycles. The minimum absolute atomic E-state index is 0.174. The molecule has 0 aliphatic heterocycles. The van der Waals surface area contributed by atoms with Gasteiger partial charge in [0.2, 0.25) is 0 Å². The van der Waals surface area contributed by atoms with Crippen molar-refractivity contribution in [3.05, 3.63) is 39.8 Å². The Hall–Kier alpha value is -1.43. The van der Waals surface area contributed by atoms with Gasteiger partial charge in [0, 0.05) is 6.07 Å². The van der Waals surface area contributed by atoms with Gasteiger partial charge < -0.3 is 4.98 Å². The van der Waals surface area contributed by atoms with Crippen LogP contribution in [-0.2, 0) is 0 Å². The van der Waals surface area contributed by atoms with E-state index in [-0.39, 0.29) is 10.9 Å². The average Bonchev–Trinajstić information content (AvgIpc) is 2.56. The second kappa shape index (κ2) is 9.16.